The van der Waals surface area contributed by atoms with Crippen LogP contribution in [-0.2, 0) is 0 Å². The highest BCUT2D eigenvalue weighted by Crippen LogP contribution is 2.34. The molecule has 0 aliphatic rings. The third-order valence-electron chi connectivity index (χ3n) is 2.08. The van der Waals surface area contributed by atoms with Crippen molar-refractivity contribution in [3.05, 3.63) is 46.8 Å². The van der Waals surface area contributed by atoms with E-state index in [4.69, 9.17) is 5.73 Å². The van der Waals surface area contributed by atoms with Crippen LogP contribution in [0.5, 0.6) is 0 Å². The monoisotopic (exact) mass is 249 g/mol. The van der Waals surface area contributed by atoms with Gasteiger partial charge in [0.05, 0.1) is 9.77 Å². The molecule has 1 aromatic heterocycles. The first-order valence-electron chi connectivity index (χ1n) is 4.80. The number of amides is 1. The highest BCUT2D eigenvalue weighted by Gasteiger charge is 2.09. The van der Waals surface area contributed by atoms with E-state index in [0.717, 1.165) is 4.90 Å². The molecule has 1 amide bonds. The van der Waals surface area contributed by atoms with E-state index in [2.05, 4.69) is 19.1 Å². The zero-order valence-electron chi connectivity index (χ0n) is 8.77. The van der Waals surface area contributed by atoms with Gasteiger partial charge in [-0.15, -0.1) is 11.3 Å². The average molecular weight is 249 g/mol. The molecular formula is C12H11NOS2. The lowest BCUT2D eigenvalue weighted by Gasteiger charge is -2.03. The summed E-state index contributed by atoms with van der Waals surface area (Å²) >= 11 is 3.29. The van der Waals surface area contributed by atoms with Gasteiger partial charge in [-0.3, -0.25) is 4.79 Å². The molecule has 82 valence electrons. The van der Waals surface area contributed by atoms with Crippen molar-refractivity contribution in [1.29, 1.82) is 0 Å². The number of primary amides is 1. The summed E-state index contributed by atoms with van der Waals surface area (Å²) in [6.07, 6.45) is 0. The summed E-state index contributed by atoms with van der Waals surface area (Å²) in [5.74, 6) is -0.378. The smallest absolute Gasteiger partial charge is 0.249 e. The van der Waals surface area contributed by atoms with Crippen molar-refractivity contribution in [2.45, 2.75) is 16.0 Å². The average Bonchev–Trinajstić information content (AvgIpc) is 2.64. The van der Waals surface area contributed by atoms with E-state index >= 15 is 0 Å². The van der Waals surface area contributed by atoms with Crippen LogP contribution in [0.2, 0.25) is 0 Å². The molecule has 2 nitrogen and oxygen atoms in total. The molecule has 16 heavy (non-hydrogen) atoms. The van der Waals surface area contributed by atoms with Crippen LogP contribution in [-0.4, -0.2) is 5.91 Å². The van der Waals surface area contributed by atoms with Gasteiger partial charge in [0.1, 0.15) is 0 Å². The Hall–Kier alpha value is -1.26. The van der Waals surface area contributed by atoms with Crippen LogP contribution < -0.4 is 5.73 Å². The Morgan fingerprint density at radius 2 is 2.00 bits per heavy atom. The second-order valence-corrected chi connectivity index (χ2v) is 5.96. The minimum atomic E-state index is -0.378. The molecule has 0 aliphatic heterocycles. The van der Waals surface area contributed by atoms with Crippen LogP contribution in [0.4, 0.5) is 0 Å². The van der Waals surface area contributed by atoms with Gasteiger partial charge in [-0.1, -0.05) is 23.9 Å². The molecule has 0 fully saturated rings. The van der Waals surface area contributed by atoms with E-state index in [1.54, 1.807) is 29.2 Å². The Labute approximate surface area is 102 Å². The topological polar surface area (TPSA) is 43.1 Å². The standard InChI is InChI=1S/C12H11NOS2/c1-8-6-7-11(15-8)16-10-5-3-2-4-9(10)12(13)14/h2-7H,1H3,(H2,13,14). The largest absolute Gasteiger partial charge is 0.366 e. The first-order valence-corrected chi connectivity index (χ1v) is 6.43. The Balaban J connectivity index is 2.31. The van der Waals surface area contributed by atoms with Crippen LogP contribution in [0.3, 0.4) is 0 Å². The fraction of sp³-hybridized carbons (Fsp3) is 0.0833. The van der Waals surface area contributed by atoms with Crippen molar-refractivity contribution >= 4 is 29.0 Å². The van der Waals surface area contributed by atoms with E-state index in [1.807, 2.05) is 18.2 Å². The zero-order valence-corrected chi connectivity index (χ0v) is 10.4. The van der Waals surface area contributed by atoms with Crippen LogP contribution in [0.15, 0.2) is 45.5 Å². The third kappa shape index (κ3) is 2.46. The predicted octanol–water partition coefficient (Wildman–Crippen LogP) is 3.31. The van der Waals surface area contributed by atoms with Gasteiger partial charge in [-0.05, 0) is 31.2 Å². The van der Waals surface area contributed by atoms with Gasteiger partial charge >= 0.3 is 0 Å². The minimum absolute atomic E-state index is 0.378. The summed E-state index contributed by atoms with van der Waals surface area (Å²) in [5.41, 5.74) is 5.91. The number of nitrogens with two attached hydrogens (primary N) is 1. The molecular weight excluding hydrogens is 238 g/mol. The molecule has 1 aromatic carbocycles. The Morgan fingerprint density at radius 3 is 2.62 bits per heavy atom. The first kappa shape index (κ1) is 11.2. The predicted molar refractivity (Wildman–Crippen MR) is 68.1 cm³/mol. The van der Waals surface area contributed by atoms with Crippen LogP contribution in [0, 0.1) is 6.92 Å². The quantitative estimate of drug-likeness (QED) is 0.907. The number of hydrogen-bond acceptors (Lipinski definition) is 3. The lowest BCUT2D eigenvalue weighted by molar-refractivity contribution is 0.0997. The molecule has 4 heteroatoms. The SMILES string of the molecule is Cc1ccc(Sc2ccccc2C(N)=O)s1. The van der Waals surface area contributed by atoms with E-state index in [0.29, 0.717) is 5.56 Å². The van der Waals surface area contributed by atoms with Gasteiger partial charge < -0.3 is 5.73 Å². The highest BCUT2D eigenvalue weighted by atomic mass is 32.2. The molecule has 0 unspecified atom stereocenters. The minimum Gasteiger partial charge on any atom is -0.366 e. The maximum Gasteiger partial charge on any atom is 0.249 e. The molecule has 0 spiro atoms. The second kappa shape index (κ2) is 4.72. The maximum atomic E-state index is 11.2. The third-order valence-corrected chi connectivity index (χ3v) is 4.29. The summed E-state index contributed by atoms with van der Waals surface area (Å²) < 4.78 is 1.17. The van der Waals surface area contributed by atoms with Crippen molar-refractivity contribution in [3.63, 3.8) is 0 Å². The number of thiophene rings is 1. The lowest BCUT2D eigenvalue weighted by Crippen LogP contribution is -2.11. The molecule has 2 rings (SSSR count). The van der Waals surface area contributed by atoms with Crippen molar-refractivity contribution in [1.82, 2.24) is 0 Å². The van der Waals surface area contributed by atoms with Gasteiger partial charge in [-0.2, -0.15) is 0 Å². The van der Waals surface area contributed by atoms with E-state index in [1.165, 1.54) is 9.09 Å². The van der Waals surface area contributed by atoms with Crippen LogP contribution in [0.25, 0.3) is 0 Å². The molecule has 0 radical (unpaired) electrons. The maximum absolute atomic E-state index is 11.2. The Bertz CT molecular complexity index is 519. The van der Waals surface area contributed by atoms with Crippen molar-refractivity contribution in [3.8, 4) is 0 Å². The van der Waals surface area contributed by atoms with Gasteiger partial charge in [0.2, 0.25) is 5.91 Å². The Kier molecular flexibility index (Phi) is 3.31. The van der Waals surface area contributed by atoms with Crippen LogP contribution >= 0.6 is 23.1 Å². The van der Waals surface area contributed by atoms with Crippen molar-refractivity contribution in [2.75, 3.05) is 0 Å². The molecule has 0 atom stereocenters. The lowest BCUT2D eigenvalue weighted by atomic mass is 10.2. The van der Waals surface area contributed by atoms with Gasteiger partial charge in [0, 0.05) is 9.77 Å². The van der Waals surface area contributed by atoms with Gasteiger partial charge in [-0.25, -0.2) is 0 Å². The van der Waals surface area contributed by atoms with E-state index in [-0.39, 0.29) is 5.91 Å². The number of hydrogen-bond donors (Lipinski definition) is 1. The van der Waals surface area contributed by atoms with E-state index < -0.39 is 0 Å². The number of rotatable bonds is 3. The number of carbonyl (C=O) groups is 1. The van der Waals surface area contributed by atoms with E-state index in [9.17, 15) is 4.79 Å². The number of aryl methyl sites for hydroxylation is 1. The summed E-state index contributed by atoms with van der Waals surface area (Å²) in [4.78, 5) is 13.4. The summed E-state index contributed by atoms with van der Waals surface area (Å²) in [7, 11) is 0. The number of benzene rings is 1. The fourth-order valence-electron chi connectivity index (χ4n) is 1.33. The molecule has 0 saturated carbocycles. The number of carbonyl (C=O) groups excluding carboxylic acids is 1. The molecule has 0 bridgehead atoms. The molecule has 2 aromatic rings. The second-order valence-electron chi connectivity index (χ2n) is 3.33. The molecule has 0 saturated heterocycles. The van der Waals surface area contributed by atoms with Crippen molar-refractivity contribution in [2.24, 2.45) is 5.73 Å². The van der Waals surface area contributed by atoms with Gasteiger partial charge in [0.25, 0.3) is 0 Å². The zero-order chi connectivity index (χ0) is 11.5. The molecule has 0 aliphatic carbocycles. The summed E-state index contributed by atoms with van der Waals surface area (Å²) in [5, 5.41) is 0. The summed E-state index contributed by atoms with van der Waals surface area (Å²) in [6, 6.07) is 11.5. The van der Waals surface area contributed by atoms with Crippen molar-refractivity contribution < 1.29 is 4.79 Å². The normalized spacial score (nSPS) is 10.3. The fourth-order valence-corrected chi connectivity index (χ4v) is 3.53. The summed E-state index contributed by atoms with van der Waals surface area (Å²) in [6.45, 7) is 2.06. The molecule has 1 heterocycles. The van der Waals surface area contributed by atoms with Crippen LogP contribution in [0.1, 0.15) is 15.2 Å². The Morgan fingerprint density at radius 1 is 1.25 bits per heavy atom. The molecule has 2 N–H and O–H groups in total. The van der Waals surface area contributed by atoms with Gasteiger partial charge in [0.15, 0.2) is 0 Å². The first-order chi connectivity index (χ1) is 7.66. The highest BCUT2D eigenvalue weighted by molar-refractivity contribution is 8.01.